The maximum atomic E-state index is 12.8. The molecule has 1 aromatic carbocycles. The Morgan fingerprint density at radius 1 is 1.29 bits per heavy atom. The van der Waals surface area contributed by atoms with Gasteiger partial charge in [-0.05, 0) is 6.42 Å². The SMILES string of the molecule is CCCCCCOCc1[c-]ccc(F)c1.[Br-].[Mg+2]. The summed E-state index contributed by atoms with van der Waals surface area (Å²) in [5, 5.41) is 0. The van der Waals surface area contributed by atoms with E-state index in [4.69, 9.17) is 4.74 Å². The minimum atomic E-state index is -0.224. The van der Waals surface area contributed by atoms with Crippen LogP contribution in [0.25, 0.3) is 0 Å². The third kappa shape index (κ3) is 10.0. The maximum absolute atomic E-state index is 12.8. The van der Waals surface area contributed by atoms with Crippen molar-refractivity contribution in [3.63, 3.8) is 0 Å². The Labute approximate surface area is 130 Å². The van der Waals surface area contributed by atoms with Crippen molar-refractivity contribution >= 4 is 23.1 Å². The molecule has 1 rings (SSSR count). The third-order valence-corrected chi connectivity index (χ3v) is 2.22. The first kappa shape index (κ1) is 19.7. The Morgan fingerprint density at radius 2 is 2.06 bits per heavy atom. The monoisotopic (exact) mass is 312 g/mol. The van der Waals surface area contributed by atoms with Gasteiger partial charge in [-0.15, -0.1) is 17.7 Å². The molecule has 0 atom stereocenters. The number of hydrogen-bond donors (Lipinski definition) is 0. The van der Waals surface area contributed by atoms with Crippen molar-refractivity contribution < 1.29 is 26.1 Å². The van der Waals surface area contributed by atoms with Crippen molar-refractivity contribution in [1.82, 2.24) is 0 Å². The minimum Gasteiger partial charge on any atom is -1.00 e. The molecule has 0 N–H and O–H groups in total. The van der Waals surface area contributed by atoms with E-state index in [2.05, 4.69) is 13.0 Å². The van der Waals surface area contributed by atoms with E-state index in [1.807, 2.05) is 0 Å². The first-order chi connectivity index (χ1) is 7.33. The molecule has 0 heterocycles. The van der Waals surface area contributed by atoms with E-state index >= 15 is 0 Å². The zero-order valence-electron chi connectivity index (χ0n) is 10.3. The Hall–Kier alpha value is 0.356. The number of rotatable bonds is 7. The zero-order chi connectivity index (χ0) is 10.9. The quantitative estimate of drug-likeness (QED) is 0.401. The molecule has 0 bridgehead atoms. The van der Waals surface area contributed by atoms with E-state index in [1.165, 1.54) is 31.4 Å². The third-order valence-electron chi connectivity index (χ3n) is 2.22. The molecule has 1 aromatic rings. The fraction of sp³-hybridized carbons (Fsp3) is 0.538. The molecule has 4 heteroatoms. The topological polar surface area (TPSA) is 9.23 Å². The van der Waals surface area contributed by atoms with Crippen molar-refractivity contribution in [1.29, 1.82) is 0 Å². The smallest absolute Gasteiger partial charge is 1.00 e. The second-order valence-electron chi connectivity index (χ2n) is 3.65. The average molecular weight is 313 g/mol. The van der Waals surface area contributed by atoms with Gasteiger partial charge in [0.15, 0.2) is 0 Å². The first-order valence-corrected chi connectivity index (χ1v) is 5.57. The van der Waals surface area contributed by atoms with Crippen LogP contribution in [0, 0.1) is 11.9 Å². The molecule has 1 nitrogen and oxygen atoms in total. The Balaban J connectivity index is 0. The van der Waals surface area contributed by atoms with E-state index in [9.17, 15) is 4.39 Å². The Bertz CT molecular complexity index is 284. The number of ether oxygens (including phenoxy) is 1. The van der Waals surface area contributed by atoms with E-state index in [-0.39, 0.29) is 45.9 Å². The predicted octanol–water partition coefficient (Wildman–Crippen LogP) is 0.346. The van der Waals surface area contributed by atoms with Crippen LogP contribution in [0.4, 0.5) is 4.39 Å². The molecule has 0 radical (unpaired) electrons. The minimum absolute atomic E-state index is 0. The molecule has 0 aliphatic carbocycles. The molecule has 0 spiro atoms. The second kappa shape index (κ2) is 12.8. The van der Waals surface area contributed by atoms with Gasteiger partial charge >= 0.3 is 23.1 Å². The summed E-state index contributed by atoms with van der Waals surface area (Å²) >= 11 is 0. The van der Waals surface area contributed by atoms with Crippen molar-refractivity contribution in [3.8, 4) is 0 Å². The average Bonchev–Trinajstić information content (AvgIpc) is 2.23. The van der Waals surface area contributed by atoms with Crippen molar-refractivity contribution in [3.05, 3.63) is 35.6 Å². The van der Waals surface area contributed by atoms with E-state index in [0.717, 1.165) is 18.6 Å². The summed E-state index contributed by atoms with van der Waals surface area (Å²) in [6.07, 6.45) is 4.79. The van der Waals surface area contributed by atoms with Crippen LogP contribution < -0.4 is 17.0 Å². The molecule has 0 aliphatic rings. The second-order valence-corrected chi connectivity index (χ2v) is 3.65. The summed E-state index contributed by atoms with van der Waals surface area (Å²) in [7, 11) is 0. The summed E-state index contributed by atoms with van der Waals surface area (Å²) < 4.78 is 18.2. The van der Waals surface area contributed by atoms with Gasteiger partial charge in [-0.1, -0.05) is 26.2 Å². The molecule has 92 valence electrons. The van der Waals surface area contributed by atoms with Crippen LogP contribution in [-0.2, 0) is 11.3 Å². The fourth-order valence-corrected chi connectivity index (χ4v) is 1.38. The van der Waals surface area contributed by atoms with Gasteiger partial charge in [-0.2, -0.15) is 12.1 Å². The van der Waals surface area contributed by atoms with Gasteiger partial charge in [-0.3, -0.25) is 0 Å². The van der Waals surface area contributed by atoms with Crippen LogP contribution in [0.2, 0.25) is 0 Å². The number of hydrogen-bond acceptors (Lipinski definition) is 1. The van der Waals surface area contributed by atoms with Crippen molar-refractivity contribution in [2.45, 2.75) is 39.2 Å². The summed E-state index contributed by atoms with van der Waals surface area (Å²) in [5.41, 5.74) is 0.783. The summed E-state index contributed by atoms with van der Waals surface area (Å²) in [4.78, 5) is 0. The predicted molar refractivity (Wildman–Crippen MR) is 64.8 cm³/mol. The van der Waals surface area contributed by atoms with Gasteiger partial charge in [0.25, 0.3) is 0 Å². The van der Waals surface area contributed by atoms with Crippen LogP contribution in [0.5, 0.6) is 0 Å². The van der Waals surface area contributed by atoms with Gasteiger partial charge in [-0.25, -0.2) is 4.39 Å². The summed E-state index contributed by atoms with van der Waals surface area (Å²) in [5.74, 6) is -0.224. The molecular formula is C13H18BrFMgO. The van der Waals surface area contributed by atoms with Crippen LogP contribution >= 0.6 is 0 Å². The molecule has 0 aliphatic heterocycles. The molecule has 17 heavy (non-hydrogen) atoms. The number of halogens is 2. The molecule has 0 saturated heterocycles. The van der Waals surface area contributed by atoms with E-state index in [1.54, 1.807) is 6.07 Å². The van der Waals surface area contributed by atoms with Gasteiger partial charge in [0.2, 0.25) is 0 Å². The Morgan fingerprint density at radius 3 is 2.71 bits per heavy atom. The number of benzene rings is 1. The molecule has 0 aromatic heterocycles. The largest absolute Gasteiger partial charge is 2.00 e. The van der Waals surface area contributed by atoms with Crippen LogP contribution in [0.3, 0.4) is 0 Å². The van der Waals surface area contributed by atoms with E-state index < -0.39 is 0 Å². The van der Waals surface area contributed by atoms with Gasteiger partial charge in [0, 0.05) is 19.0 Å². The standard InChI is InChI=1S/C13H18FO.BrH.Mg/c1-2-3-4-5-9-15-11-12-7-6-8-13(14)10-12;;/h6,8,10H,2-5,9,11H2,1H3;1H;/q-1;;+2/p-1. The van der Waals surface area contributed by atoms with Crippen molar-refractivity contribution in [2.24, 2.45) is 0 Å². The molecular weight excluding hydrogens is 295 g/mol. The van der Waals surface area contributed by atoms with Gasteiger partial charge in [0.05, 0.1) is 0 Å². The summed E-state index contributed by atoms with van der Waals surface area (Å²) in [6, 6.07) is 7.39. The van der Waals surface area contributed by atoms with Crippen molar-refractivity contribution in [2.75, 3.05) is 6.61 Å². The summed E-state index contributed by atoms with van der Waals surface area (Å²) in [6.45, 7) is 3.40. The molecule has 0 fully saturated rings. The maximum Gasteiger partial charge on any atom is 2.00 e. The van der Waals surface area contributed by atoms with Crippen LogP contribution in [0.1, 0.15) is 38.2 Å². The molecule has 0 unspecified atom stereocenters. The molecule has 0 saturated carbocycles. The van der Waals surface area contributed by atoms with Crippen LogP contribution in [0.15, 0.2) is 18.2 Å². The normalized spacial score (nSPS) is 9.29. The Kier molecular flexibility index (Phi) is 14.8. The van der Waals surface area contributed by atoms with Crippen LogP contribution in [-0.4, -0.2) is 29.7 Å². The molecule has 0 amide bonds. The first-order valence-electron chi connectivity index (χ1n) is 5.57. The van der Waals surface area contributed by atoms with Gasteiger partial charge in [0.1, 0.15) is 0 Å². The van der Waals surface area contributed by atoms with E-state index in [0.29, 0.717) is 6.61 Å². The van der Waals surface area contributed by atoms with Gasteiger partial charge < -0.3 is 21.7 Å². The fourth-order valence-electron chi connectivity index (χ4n) is 1.38. The zero-order valence-corrected chi connectivity index (χ0v) is 13.3. The number of unbranched alkanes of at least 4 members (excludes halogenated alkanes) is 3.